The number of thioether (sulfide) groups is 1. The molecule has 2 heterocycles. The summed E-state index contributed by atoms with van der Waals surface area (Å²) >= 11 is 1.27. The van der Waals surface area contributed by atoms with E-state index in [1.807, 2.05) is 54.8 Å². The molecule has 0 radical (unpaired) electrons. The number of para-hydroxylation sites is 2. The van der Waals surface area contributed by atoms with E-state index in [4.69, 9.17) is 9.47 Å². The van der Waals surface area contributed by atoms with Gasteiger partial charge in [0.2, 0.25) is 5.91 Å². The van der Waals surface area contributed by atoms with E-state index >= 15 is 0 Å². The SMILES string of the molecule is CC(c1nnc(SCC(=O)NCC2COc3ccccc3O2)n1-c1ccc(F)cc1)N(C)C. The average Bonchev–Trinajstić information content (AvgIpc) is 3.25. The van der Waals surface area contributed by atoms with Crippen molar-refractivity contribution in [3.63, 3.8) is 0 Å². The molecular weight excluding hydrogens is 445 g/mol. The standard InChI is InChI=1S/C23H26FN5O3S/c1-15(28(2)3)22-26-27-23(29(22)17-10-8-16(24)9-11-17)33-14-21(30)25-12-18-13-31-19-6-4-5-7-20(19)32-18/h4-11,15,18H,12-14H2,1-3H3,(H,25,30). The minimum atomic E-state index is -0.320. The van der Waals surface area contributed by atoms with E-state index in [-0.39, 0.29) is 29.6 Å². The predicted octanol–water partition coefficient (Wildman–Crippen LogP) is 3.08. The van der Waals surface area contributed by atoms with Crippen molar-refractivity contribution in [2.24, 2.45) is 0 Å². The molecule has 0 saturated heterocycles. The van der Waals surface area contributed by atoms with Gasteiger partial charge in [-0.15, -0.1) is 10.2 Å². The van der Waals surface area contributed by atoms with Crippen LogP contribution in [0.5, 0.6) is 11.5 Å². The molecule has 2 aromatic carbocycles. The van der Waals surface area contributed by atoms with Gasteiger partial charge >= 0.3 is 0 Å². The number of nitrogens with one attached hydrogen (secondary N) is 1. The molecule has 8 nitrogen and oxygen atoms in total. The molecule has 3 aromatic rings. The normalized spacial score (nSPS) is 16.0. The number of hydrogen-bond acceptors (Lipinski definition) is 7. The number of benzene rings is 2. The Hall–Kier alpha value is -3.11. The minimum Gasteiger partial charge on any atom is -0.486 e. The Kier molecular flexibility index (Phi) is 7.14. The Morgan fingerprint density at radius 1 is 1.21 bits per heavy atom. The van der Waals surface area contributed by atoms with Crippen LogP contribution < -0.4 is 14.8 Å². The molecule has 1 aromatic heterocycles. The molecule has 2 atom stereocenters. The van der Waals surface area contributed by atoms with Crippen molar-refractivity contribution in [1.82, 2.24) is 25.0 Å². The Bertz CT molecular complexity index is 1110. The minimum absolute atomic E-state index is 0.0305. The lowest BCUT2D eigenvalue weighted by atomic mass is 10.2. The number of ether oxygens (including phenoxy) is 2. The highest BCUT2D eigenvalue weighted by molar-refractivity contribution is 7.99. The summed E-state index contributed by atoms with van der Waals surface area (Å²) in [7, 11) is 3.90. The molecule has 1 N–H and O–H groups in total. The van der Waals surface area contributed by atoms with Crippen molar-refractivity contribution >= 4 is 17.7 Å². The van der Waals surface area contributed by atoms with Crippen molar-refractivity contribution in [2.75, 3.05) is 33.0 Å². The van der Waals surface area contributed by atoms with Crippen molar-refractivity contribution in [3.8, 4) is 17.2 Å². The van der Waals surface area contributed by atoms with Crippen LogP contribution in [0.3, 0.4) is 0 Å². The molecular formula is C23H26FN5O3S. The summed E-state index contributed by atoms with van der Waals surface area (Å²) in [5, 5.41) is 12.1. The van der Waals surface area contributed by atoms with Gasteiger partial charge in [0.25, 0.3) is 0 Å². The third kappa shape index (κ3) is 5.45. The molecule has 0 spiro atoms. The predicted molar refractivity (Wildman–Crippen MR) is 124 cm³/mol. The summed E-state index contributed by atoms with van der Waals surface area (Å²) in [6.45, 7) is 2.71. The van der Waals surface area contributed by atoms with Crippen LogP contribution in [0.25, 0.3) is 5.69 Å². The topological polar surface area (TPSA) is 81.5 Å². The number of carbonyl (C=O) groups is 1. The van der Waals surface area contributed by atoms with E-state index in [0.29, 0.717) is 35.6 Å². The second kappa shape index (κ2) is 10.2. The molecule has 4 rings (SSSR count). The molecule has 2 unspecified atom stereocenters. The quantitative estimate of drug-likeness (QED) is 0.506. The maximum Gasteiger partial charge on any atom is 0.230 e. The molecule has 33 heavy (non-hydrogen) atoms. The zero-order valence-corrected chi connectivity index (χ0v) is 19.5. The zero-order valence-electron chi connectivity index (χ0n) is 18.7. The Morgan fingerprint density at radius 3 is 2.67 bits per heavy atom. The highest BCUT2D eigenvalue weighted by Crippen LogP contribution is 2.31. The third-order valence-corrected chi connectivity index (χ3v) is 6.25. The van der Waals surface area contributed by atoms with Gasteiger partial charge in [-0.2, -0.15) is 0 Å². The first-order valence-electron chi connectivity index (χ1n) is 10.6. The highest BCUT2D eigenvalue weighted by Gasteiger charge is 2.23. The average molecular weight is 472 g/mol. The number of rotatable bonds is 8. The molecule has 1 aliphatic rings. The van der Waals surface area contributed by atoms with Crippen LogP contribution >= 0.6 is 11.8 Å². The van der Waals surface area contributed by atoms with E-state index in [2.05, 4.69) is 15.5 Å². The Balaban J connectivity index is 1.39. The summed E-state index contributed by atoms with van der Waals surface area (Å²) < 4.78 is 26.9. The fraction of sp³-hybridized carbons (Fsp3) is 0.348. The van der Waals surface area contributed by atoms with Crippen LogP contribution in [-0.4, -0.2) is 64.7 Å². The summed E-state index contributed by atoms with van der Waals surface area (Å²) in [6, 6.07) is 13.6. The lowest BCUT2D eigenvalue weighted by Crippen LogP contribution is -2.41. The van der Waals surface area contributed by atoms with Gasteiger partial charge in [-0.25, -0.2) is 4.39 Å². The number of aromatic nitrogens is 3. The summed E-state index contributed by atoms with van der Waals surface area (Å²) in [6.07, 6.45) is -0.260. The molecule has 0 fully saturated rings. The maximum atomic E-state index is 13.5. The summed E-state index contributed by atoms with van der Waals surface area (Å²) in [5.74, 6) is 1.77. The van der Waals surface area contributed by atoms with Crippen molar-refractivity contribution in [1.29, 1.82) is 0 Å². The van der Waals surface area contributed by atoms with Crippen LogP contribution in [0.4, 0.5) is 4.39 Å². The molecule has 0 aliphatic carbocycles. The monoisotopic (exact) mass is 471 g/mol. The van der Waals surface area contributed by atoms with Gasteiger partial charge in [0, 0.05) is 5.69 Å². The molecule has 10 heteroatoms. The lowest BCUT2D eigenvalue weighted by molar-refractivity contribution is -0.119. The van der Waals surface area contributed by atoms with Gasteiger partial charge in [0.15, 0.2) is 22.5 Å². The smallest absolute Gasteiger partial charge is 0.230 e. The molecule has 0 saturated carbocycles. The molecule has 174 valence electrons. The number of carbonyl (C=O) groups excluding carboxylic acids is 1. The highest BCUT2D eigenvalue weighted by atomic mass is 32.2. The number of nitrogens with zero attached hydrogens (tertiary/aromatic N) is 4. The first-order chi connectivity index (χ1) is 15.9. The van der Waals surface area contributed by atoms with Crippen molar-refractivity contribution in [2.45, 2.75) is 24.2 Å². The zero-order chi connectivity index (χ0) is 23.4. The van der Waals surface area contributed by atoms with Crippen molar-refractivity contribution < 1.29 is 18.7 Å². The molecule has 1 aliphatic heterocycles. The van der Waals surface area contributed by atoms with Crippen LogP contribution in [0, 0.1) is 5.82 Å². The number of halogens is 1. The fourth-order valence-electron chi connectivity index (χ4n) is 3.28. The van der Waals surface area contributed by atoms with Crippen LogP contribution in [0.1, 0.15) is 18.8 Å². The van der Waals surface area contributed by atoms with Gasteiger partial charge in [-0.05, 0) is 57.4 Å². The van der Waals surface area contributed by atoms with E-state index in [1.165, 1.54) is 23.9 Å². The van der Waals surface area contributed by atoms with E-state index in [0.717, 1.165) is 5.69 Å². The summed E-state index contributed by atoms with van der Waals surface area (Å²) in [4.78, 5) is 14.5. The second-order valence-electron chi connectivity index (χ2n) is 7.88. The maximum absolute atomic E-state index is 13.5. The fourth-order valence-corrected chi connectivity index (χ4v) is 4.07. The second-order valence-corrected chi connectivity index (χ2v) is 8.83. The van der Waals surface area contributed by atoms with Crippen LogP contribution in [-0.2, 0) is 4.79 Å². The largest absolute Gasteiger partial charge is 0.486 e. The van der Waals surface area contributed by atoms with Gasteiger partial charge in [0.05, 0.1) is 18.3 Å². The molecule has 1 amide bonds. The van der Waals surface area contributed by atoms with Crippen LogP contribution in [0.15, 0.2) is 53.7 Å². The molecule has 0 bridgehead atoms. The van der Waals surface area contributed by atoms with Gasteiger partial charge in [-0.1, -0.05) is 23.9 Å². The lowest BCUT2D eigenvalue weighted by Gasteiger charge is -2.26. The Morgan fingerprint density at radius 2 is 1.94 bits per heavy atom. The number of hydrogen-bond donors (Lipinski definition) is 1. The van der Waals surface area contributed by atoms with Gasteiger partial charge in [-0.3, -0.25) is 14.3 Å². The van der Waals surface area contributed by atoms with E-state index < -0.39 is 0 Å². The first kappa shape index (κ1) is 23.1. The summed E-state index contributed by atoms with van der Waals surface area (Å²) in [5.41, 5.74) is 0.736. The van der Waals surface area contributed by atoms with E-state index in [9.17, 15) is 9.18 Å². The van der Waals surface area contributed by atoms with Gasteiger partial charge in [0.1, 0.15) is 18.5 Å². The van der Waals surface area contributed by atoms with Crippen molar-refractivity contribution in [3.05, 3.63) is 60.2 Å². The van der Waals surface area contributed by atoms with Crippen LogP contribution in [0.2, 0.25) is 0 Å². The first-order valence-corrected chi connectivity index (χ1v) is 11.6. The van der Waals surface area contributed by atoms with E-state index in [1.54, 1.807) is 12.1 Å². The number of amides is 1. The van der Waals surface area contributed by atoms with Gasteiger partial charge < -0.3 is 14.8 Å². The third-order valence-electron chi connectivity index (χ3n) is 5.32. The Labute approximate surface area is 196 Å². The number of fused-ring (bicyclic) bond motifs is 1.